The summed E-state index contributed by atoms with van der Waals surface area (Å²) in [6.07, 6.45) is -2.72. The van der Waals surface area contributed by atoms with Gasteiger partial charge in [0.1, 0.15) is 5.69 Å². The largest absolute Gasteiger partial charge is 0.416 e. The van der Waals surface area contributed by atoms with Gasteiger partial charge in [0, 0.05) is 37.9 Å². The summed E-state index contributed by atoms with van der Waals surface area (Å²) in [6.45, 7) is 2.01. The second kappa shape index (κ2) is 8.10. The van der Waals surface area contributed by atoms with Crippen molar-refractivity contribution < 1.29 is 18.0 Å². The predicted molar refractivity (Wildman–Crippen MR) is 105 cm³/mol. The third kappa shape index (κ3) is 4.24. The predicted octanol–water partition coefficient (Wildman–Crippen LogP) is 3.52. The first-order chi connectivity index (χ1) is 14.4. The molecule has 0 radical (unpaired) electrons. The number of hydrogen-bond acceptors (Lipinski definition) is 5. The Labute approximate surface area is 171 Å². The highest BCUT2D eigenvalue weighted by atomic mass is 19.4. The number of piperazine rings is 1. The molecule has 0 N–H and O–H groups in total. The van der Waals surface area contributed by atoms with Crippen LogP contribution in [-0.4, -0.2) is 52.2 Å². The first-order valence-electron chi connectivity index (χ1n) is 9.38. The van der Waals surface area contributed by atoms with E-state index in [2.05, 4.69) is 15.2 Å². The normalized spacial score (nSPS) is 14.6. The van der Waals surface area contributed by atoms with Gasteiger partial charge in [-0.15, -0.1) is 10.2 Å². The van der Waals surface area contributed by atoms with E-state index in [1.165, 1.54) is 12.1 Å². The molecule has 0 spiro atoms. The molecule has 3 aromatic rings. The number of aromatic nitrogens is 3. The van der Waals surface area contributed by atoms with Gasteiger partial charge in [-0.2, -0.15) is 13.2 Å². The number of alkyl halides is 3. The Morgan fingerprint density at radius 2 is 1.57 bits per heavy atom. The van der Waals surface area contributed by atoms with Gasteiger partial charge >= 0.3 is 6.18 Å². The van der Waals surface area contributed by atoms with Crippen molar-refractivity contribution in [1.29, 1.82) is 0 Å². The zero-order valence-electron chi connectivity index (χ0n) is 15.9. The van der Waals surface area contributed by atoms with Gasteiger partial charge in [0.05, 0.1) is 11.3 Å². The van der Waals surface area contributed by atoms with Crippen molar-refractivity contribution >= 4 is 11.7 Å². The van der Waals surface area contributed by atoms with E-state index in [9.17, 15) is 18.0 Å². The van der Waals surface area contributed by atoms with Gasteiger partial charge in [0.25, 0.3) is 5.91 Å². The first-order valence-corrected chi connectivity index (χ1v) is 9.38. The van der Waals surface area contributed by atoms with Crippen LogP contribution < -0.4 is 4.90 Å². The number of nitrogens with zero attached hydrogens (tertiary/aromatic N) is 5. The van der Waals surface area contributed by atoms with Gasteiger partial charge in [0.2, 0.25) is 0 Å². The highest BCUT2D eigenvalue weighted by molar-refractivity contribution is 5.94. The smallest absolute Gasteiger partial charge is 0.352 e. The zero-order chi connectivity index (χ0) is 21.1. The standard InChI is InChI=1S/C21H18F3N5O/c22-21(23,24)16-6-4-15(5-7-16)20(30)29-13-11-28(12-14-29)19-9-8-18(26-27-19)17-3-1-2-10-25-17/h1-10H,11-14H2. The van der Waals surface area contributed by atoms with E-state index in [1.54, 1.807) is 11.1 Å². The molecule has 0 bridgehead atoms. The maximum absolute atomic E-state index is 12.7. The Morgan fingerprint density at radius 3 is 2.13 bits per heavy atom. The van der Waals surface area contributed by atoms with Crippen molar-refractivity contribution in [2.24, 2.45) is 0 Å². The highest BCUT2D eigenvalue weighted by Gasteiger charge is 2.30. The van der Waals surface area contributed by atoms with Crippen molar-refractivity contribution in [2.75, 3.05) is 31.1 Å². The number of carbonyl (C=O) groups is 1. The lowest BCUT2D eigenvalue weighted by atomic mass is 10.1. The van der Waals surface area contributed by atoms with Crippen LogP contribution in [0.2, 0.25) is 0 Å². The highest BCUT2D eigenvalue weighted by Crippen LogP contribution is 2.29. The number of rotatable bonds is 3. The quantitative estimate of drug-likeness (QED) is 0.658. The molecular weight excluding hydrogens is 395 g/mol. The van der Waals surface area contributed by atoms with Crippen molar-refractivity contribution in [2.45, 2.75) is 6.18 Å². The molecule has 4 rings (SSSR count). The van der Waals surface area contributed by atoms with E-state index in [4.69, 9.17) is 0 Å². The fourth-order valence-electron chi connectivity index (χ4n) is 3.27. The molecule has 2 aromatic heterocycles. The number of pyridine rings is 1. The summed E-state index contributed by atoms with van der Waals surface area (Å²) in [5.41, 5.74) is 0.895. The van der Waals surface area contributed by atoms with Crippen molar-refractivity contribution in [3.05, 3.63) is 71.9 Å². The second-order valence-electron chi connectivity index (χ2n) is 6.85. The van der Waals surface area contributed by atoms with E-state index in [1.807, 2.05) is 35.2 Å². The third-order valence-corrected chi connectivity index (χ3v) is 4.93. The van der Waals surface area contributed by atoms with E-state index >= 15 is 0 Å². The molecule has 0 atom stereocenters. The molecule has 1 aliphatic heterocycles. The Morgan fingerprint density at radius 1 is 0.833 bits per heavy atom. The molecule has 6 nitrogen and oxygen atoms in total. The third-order valence-electron chi connectivity index (χ3n) is 4.93. The average Bonchev–Trinajstić information content (AvgIpc) is 2.79. The fraction of sp³-hybridized carbons (Fsp3) is 0.238. The Hall–Kier alpha value is -3.49. The zero-order valence-corrected chi connectivity index (χ0v) is 15.9. The van der Waals surface area contributed by atoms with Crippen LogP contribution in [0.15, 0.2) is 60.8 Å². The van der Waals surface area contributed by atoms with E-state index in [0.717, 1.165) is 17.8 Å². The van der Waals surface area contributed by atoms with E-state index in [0.29, 0.717) is 37.7 Å². The molecule has 1 aromatic carbocycles. The lowest BCUT2D eigenvalue weighted by Crippen LogP contribution is -2.49. The second-order valence-corrected chi connectivity index (χ2v) is 6.85. The molecule has 0 unspecified atom stereocenters. The Bertz CT molecular complexity index is 1000. The summed E-state index contributed by atoms with van der Waals surface area (Å²) in [5, 5.41) is 8.49. The maximum atomic E-state index is 12.7. The van der Waals surface area contributed by atoms with Crippen LogP contribution >= 0.6 is 0 Å². The van der Waals surface area contributed by atoms with Crippen LogP contribution in [0.5, 0.6) is 0 Å². The molecule has 1 amide bonds. The van der Waals surface area contributed by atoms with Crippen LogP contribution in [0, 0.1) is 0 Å². The molecule has 1 fully saturated rings. The average molecular weight is 413 g/mol. The van der Waals surface area contributed by atoms with E-state index < -0.39 is 11.7 Å². The van der Waals surface area contributed by atoms with Crippen molar-refractivity contribution in [3.8, 4) is 11.4 Å². The van der Waals surface area contributed by atoms with Gasteiger partial charge in [0.15, 0.2) is 5.82 Å². The monoisotopic (exact) mass is 413 g/mol. The van der Waals surface area contributed by atoms with Gasteiger partial charge in [-0.1, -0.05) is 6.07 Å². The van der Waals surface area contributed by atoms with E-state index in [-0.39, 0.29) is 11.5 Å². The Kier molecular flexibility index (Phi) is 5.35. The number of anilines is 1. The number of benzene rings is 1. The number of carbonyl (C=O) groups excluding carboxylic acids is 1. The van der Waals surface area contributed by atoms with Gasteiger partial charge < -0.3 is 9.80 Å². The molecule has 1 aliphatic rings. The number of amides is 1. The summed E-state index contributed by atoms with van der Waals surface area (Å²) in [5.74, 6) is 0.427. The van der Waals surface area contributed by atoms with Gasteiger partial charge in [-0.05, 0) is 48.5 Å². The number of halogens is 3. The number of hydrogen-bond donors (Lipinski definition) is 0. The Balaban J connectivity index is 1.37. The summed E-state index contributed by atoms with van der Waals surface area (Å²) < 4.78 is 38.1. The first kappa shape index (κ1) is 19.8. The van der Waals surface area contributed by atoms with Crippen LogP contribution in [-0.2, 0) is 6.18 Å². The summed E-state index contributed by atoms with van der Waals surface area (Å²) in [7, 11) is 0. The summed E-state index contributed by atoms with van der Waals surface area (Å²) in [4.78, 5) is 20.5. The minimum absolute atomic E-state index is 0.246. The van der Waals surface area contributed by atoms with Gasteiger partial charge in [-0.25, -0.2) is 0 Å². The molecule has 9 heteroatoms. The summed E-state index contributed by atoms with van der Waals surface area (Å²) in [6, 6.07) is 13.6. The lowest BCUT2D eigenvalue weighted by molar-refractivity contribution is -0.137. The molecule has 0 saturated carbocycles. The molecule has 0 aliphatic carbocycles. The minimum atomic E-state index is -4.42. The lowest BCUT2D eigenvalue weighted by Gasteiger charge is -2.35. The van der Waals surface area contributed by atoms with Crippen LogP contribution in [0.3, 0.4) is 0 Å². The maximum Gasteiger partial charge on any atom is 0.416 e. The van der Waals surface area contributed by atoms with Crippen molar-refractivity contribution in [3.63, 3.8) is 0 Å². The summed E-state index contributed by atoms with van der Waals surface area (Å²) >= 11 is 0. The topological polar surface area (TPSA) is 62.2 Å². The van der Waals surface area contributed by atoms with Crippen molar-refractivity contribution in [1.82, 2.24) is 20.1 Å². The molecule has 30 heavy (non-hydrogen) atoms. The molecule has 154 valence electrons. The fourth-order valence-corrected chi connectivity index (χ4v) is 3.27. The molecular formula is C21H18F3N5O. The van der Waals surface area contributed by atoms with Gasteiger partial charge in [-0.3, -0.25) is 9.78 Å². The van der Waals surface area contributed by atoms with Crippen LogP contribution in [0.25, 0.3) is 11.4 Å². The van der Waals surface area contributed by atoms with Crippen LogP contribution in [0.4, 0.5) is 19.0 Å². The SMILES string of the molecule is O=C(c1ccc(C(F)(F)F)cc1)N1CCN(c2ccc(-c3ccccn3)nn2)CC1. The molecule has 1 saturated heterocycles. The minimum Gasteiger partial charge on any atom is -0.352 e. The molecule has 3 heterocycles. The van der Waals surface area contributed by atoms with Crippen LogP contribution in [0.1, 0.15) is 15.9 Å².